The number of ether oxygens (including phenoxy) is 1. The summed E-state index contributed by atoms with van der Waals surface area (Å²) in [7, 11) is -3.42. The van der Waals surface area contributed by atoms with E-state index in [2.05, 4.69) is 17.1 Å². The number of nitrogens with zero attached hydrogens (tertiary/aromatic N) is 3. The van der Waals surface area contributed by atoms with Gasteiger partial charge in [0.05, 0.1) is 23.1 Å². The van der Waals surface area contributed by atoms with Gasteiger partial charge >= 0.3 is 0 Å². The van der Waals surface area contributed by atoms with Crippen LogP contribution in [0.15, 0.2) is 17.1 Å². The van der Waals surface area contributed by atoms with Gasteiger partial charge < -0.3 is 9.30 Å². The third-order valence-corrected chi connectivity index (χ3v) is 7.42. The van der Waals surface area contributed by atoms with E-state index in [0.29, 0.717) is 43.9 Å². The number of benzene rings is 1. The highest BCUT2D eigenvalue weighted by atomic mass is 32.2. The highest BCUT2D eigenvalue weighted by Crippen LogP contribution is 2.24. The van der Waals surface area contributed by atoms with E-state index in [9.17, 15) is 13.2 Å². The molecular formula is C19H27N3O4S2. The van der Waals surface area contributed by atoms with Crippen LogP contribution in [-0.2, 0) is 26.1 Å². The molecule has 0 aliphatic carbocycles. The summed E-state index contributed by atoms with van der Waals surface area (Å²) in [4.78, 5) is 17.8. The molecule has 1 unspecified atom stereocenters. The Morgan fingerprint density at radius 3 is 2.79 bits per heavy atom. The summed E-state index contributed by atoms with van der Waals surface area (Å²) in [5, 5.41) is 0. The van der Waals surface area contributed by atoms with Crippen LogP contribution in [0.5, 0.6) is 0 Å². The second-order valence-corrected chi connectivity index (χ2v) is 10.1. The second-order valence-electron chi connectivity index (χ2n) is 7.15. The van der Waals surface area contributed by atoms with E-state index in [-0.39, 0.29) is 0 Å². The number of amides is 1. The van der Waals surface area contributed by atoms with Crippen LogP contribution in [0.2, 0.25) is 0 Å². The van der Waals surface area contributed by atoms with Crippen LogP contribution in [-0.4, -0.2) is 55.3 Å². The molecule has 1 aliphatic heterocycles. The van der Waals surface area contributed by atoms with E-state index in [0.717, 1.165) is 27.6 Å². The largest absolute Gasteiger partial charge is 0.380 e. The van der Waals surface area contributed by atoms with Crippen molar-refractivity contribution in [3.63, 3.8) is 0 Å². The molecule has 1 amide bonds. The molecule has 1 aliphatic rings. The molecule has 3 rings (SSSR count). The van der Waals surface area contributed by atoms with Gasteiger partial charge in [-0.3, -0.25) is 4.79 Å². The molecular weight excluding hydrogens is 398 g/mol. The molecule has 0 saturated carbocycles. The highest BCUT2D eigenvalue weighted by molar-refractivity contribution is 7.88. The van der Waals surface area contributed by atoms with Crippen molar-refractivity contribution in [1.82, 2.24) is 8.87 Å². The van der Waals surface area contributed by atoms with E-state index < -0.39 is 22.0 Å². The van der Waals surface area contributed by atoms with Crippen LogP contribution in [0.25, 0.3) is 10.2 Å². The van der Waals surface area contributed by atoms with Crippen LogP contribution in [0.1, 0.15) is 30.9 Å². The minimum atomic E-state index is -3.42. The van der Waals surface area contributed by atoms with Gasteiger partial charge in [-0.1, -0.05) is 17.4 Å². The van der Waals surface area contributed by atoms with Crippen LogP contribution in [0.3, 0.4) is 0 Å². The Bertz CT molecular complexity index is 1050. The van der Waals surface area contributed by atoms with Gasteiger partial charge in [-0.05, 0) is 50.8 Å². The average Bonchev–Trinajstić information content (AvgIpc) is 3.21. The summed E-state index contributed by atoms with van der Waals surface area (Å²) >= 11 is 1.47. The zero-order chi connectivity index (χ0) is 20.5. The summed E-state index contributed by atoms with van der Waals surface area (Å²) < 4.78 is 33.8. The van der Waals surface area contributed by atoms with E-state index in [1.165, 1.54) is 15.6 Å². The van der Waals surface area contributed by atoms with Gasteiger partial charge in [0.25, 0.3) is 5.91 Å². The molecule has 7 nitrogen and oxygen atoms in total. The summed E-state index contributed by atoms with van der Waals surface area (Å²) in [6, 6.07) is 3.50. The van der Waals surface area contributed by atoms with Gasteiger partial charge in [0.1, 0.15) is 6.04 Å². The number of carbonyl (C=O) groups excluding carboxylic acids is 1. The number of carbonyl (C=O) groups is 1. The van der Waals surface area contributed by atoms with Crippen molar-refractivity contribution in [3.8, 4) is 0 Å². The van der Waals surface area contributed by atoms with Gasteiger partial charge in [0, 0.05) is 19.7 Å². The topological polar surface area (TPSA) is 81.0 Å². The first-order valence-electron chi connectivity index (χ1n) is 9.46. The normalized spacial score (nSPS) is 19.0. The van der Waals surface area contributed by atoms with Gasteiger partial charge in [0.2, 0.25) is 10.0 Å². The monoisotopic (exact) mass is 425 g/mol. The van der Waals surface area contributed by atoms with Crippen molar-refractivity contribution in [2.24, 2.45) is 4.99 Å². The number of aryl methyl sites for hydroxylation is 2. The van der Waals surface area contributed by atoms with Gasteiger partial charge in [0.15, 0.2) is 4.80 Å². The third-order valence-electron chi connectivity index (χ3n) is 4.90. The fourth-order valence-corrected chi connectivity index (χ4v) is 5.90. The zero-order valence-electron chi connectivity index (χ0n) is 16.8. The molecule has 2 heterocycles. The Morgan fingerprint density at radius 1 is 1.36 bits per heavy atom. The first-order chi connectivity index (χ1) is 13.2. The predicted octanol–water partition coefficient (Wildman–Crippen LogP) is 2.21. The molecule has 1 atom stereocenters. The lowest BCUT2D eigenvalue weighted by Crippen LogP contribution is -2.40. The Hall–Kier alpha value is -1.55. The SMILES string of the molecule is CCOCCn1c(=NC(=O)C2CCCN2S(C)(=O)=O)sc2c(C)cc(C)cc21. The van der Waals surface area contributed by atoms with Crippen molar-refractivity contribution >= 4 is 37.5 Å². The smallest absolute Gasteiger partial charge is 0.266 e. The number of rotatable bonds is 6. The Morgan fingerprint density at radius 2 is 2.11 bits per heavy atom. The summed E-state index contributed by atoms with van der Waals surface area (Å²) in [6.45, 7) is 8.14. The fourth-order valence-electron chi connectivity index (χ4n) is 3.67. The minimum Gasteiger partial charge on any atom is -0.380 e. The fraction of sp³-hybridized carbons (Fsp3) is 0.579. The van der Waals surface area contributed by atoms with Crippen molar-refractivity contribution in [2.75, 3.05) is 26.0 Å². The first-order valence-corrected chi connectivity index (χ1v) is 12.1. The lowest BCUT2D eigenvalue weighted by molar-refractivity contribution is -0.121. The maximum absolute atomic E-state index is 12.9. The quantitative estimate of drug-likeness (QED) is 0.665. The van der Waals surface area contributed by atoms with Crippen LogP contribution >= 0.6 is 11.3 Å². The minimum absolute atomic E-state index is 0.375. The molecule has 2 aromatic rings. The molecule has 0 radical (unpaired) electrons. The van der Waals surface area contributed by atoms with Crippen molar-refractivity contribution in [3.05, 3.63) is 28.1 Å². The molecule has 1 fully saturated rings. The summed E-state index contributed by atoms with van der Waals surface area (Å²) in [6.07, 6.45) is 2.33. The molecule has 1 saturated heterocycles. The molecule has 28 heavy (non-hydrogen) atoms. The number of sulfonamides is 1. The number of hydrogen-bond acceptors (Lipinski definition) is 5. The Balaban J connectivity index is 2.06. The molecule has 154 valence electrons. The standard InChI is InChI=1S/C19H27N3O4S2/c1-5-26-10-9-21-16-12-13(2)11-14(3)17(16)27-19(21)20-18(23)15-7-6-8-22(15)28(4,24)25/h11-12,15H,5-10H2,1-4H3. The highest BCUT2D eigenvalue weighted by Gasteiger charge is 2.36. The van der Waals surface area contributed by atoms with Crippen molar-refractivity contribution < 1.29 is 17.9 Å². The van der Waals surface area contributed by atoms with Gasteiger partial charge in [-0.25, -0.2) is 8.42 Å². The van der Waals surface area contributed by atoms with E-state index in [4.69, 9.17) is 4.74 Å². The van der Waals surface area contributed by atoms with E-state index >= 15 is 0 Å². The van der Waals surface area contributed by atoms with Crippen LogP contribution in [0.4, 0.5) is 0 Å². The lowest BCUT2D eigenvalue weighted by Gasteiger charge is -2.18. The lowest BCUT2D eigenvalue weighted by atomic mass is 10.1. The molecule has 9 heteroatoms. The van der Waals surface area contributed by atoms with Gasteiger partial charge in [-0.2, -0.15) is 9.30 Å². The van der Waals surface area contributed by atoms with E-state index in [1.807, 2.05) is 25.3 Å². The Labute approximate surface area is 169 Å². The average molecular weight is 426 g/mol. The molecule has 0 N–H and O–H groups in total. The first kappa shape index (κ1) is 21.2. The summed E-state index contributed by atoms with van der Waals surface area (Å²) in [5.74, 6) is -0.394. The van der Waals surface area contributed by atoms with Crippen molar-refractivity contribution in [1.29, 1.82) is 0 Å². The number of aromatic nitrogens is 1. The van der Waals surface area contributed by atoms with E-state index in [1.54, 1.807) is 0 Å². The number of fused-ring (bicyclic) bond motifs is 1. The molecule has 1 aromatic carbocycles. The number of thiazole rings is 1. The second kappa shape index (κ2) is 8.44. The van der Waals surface area contributed by atoms with Crippen LogP contribution < -0.4 is 4.80 Å². The molecule has 1 aromatic heterocycles. The number of hydrogen-bond donors (Lipinski definition) is 0. The maximum atomic E-state index is 12.9. The van der Waals surface area contributed by atoms with Gasteiger partial charge in [-0.15, -0.1) is 0 Å². The Kier molecular flexibility index (Phi) is 6.38. The molecule has 0 spiro atoms. The molecule has 0 bridgehead atoms. The maximum Gasteiger partial charge on any atom is 0.266 e. The zero-order valence-corrected chi connectivity index (χ0v) is 18.4. The third kappa shape index (κ3) is 4.37. The predicted molar refractivity (Wildman–Crippen MR) is 111 cm³/mol. The van der Waals surface area contributed by atoms with Crippen molar-refractivity contribution in [2.45, 2.75) is 46.2 Å². The summed E-state index contributed by atoms with van der Waals surface area (Å²) in [5.41, 5.74) is 3.31. The van der Waals surface area contributed by atoms with Crippen LogP contribution in [0, 0.1) is 13.8 Å².